The Labute approximate surface area is 185 Å². The van der Waals surface area contributed by atoms with Gasteiger partial charge in [0.25, 0.3) is 11.8 Å². The number of nitrogens with one attached hydrogen (secondary N) is 2. The van der Waals surface area contributed by atoms with E-state index in [-0.39, 0.29) is 11.8 Å². The van der Waals surface area contributed by atoms with Crippen LogP contribution in [0.4, 0.5) is 11.4 Å². The van der Waals surface area contributed by atoms with Crippen LogP contribution in [0.15, 0.2) is 103 Å². The highest BCUT2D eigenvalue weighted by molar-refractivity contribution is 6.07. The van der Waals surface area contributed by atoms with Gasteiger partial charge in [-0.3, -0.25) is 14.6 Å². The lowest BCUT2D eigenvalue weighted by Crippen LogP contribution is -2.14. The summed E-state index contributed by atoms with van der Waals surface area (Å²) in [4.78, 5) is 28.9. The molecule has 1 heterocycles. The predicted molar refractivity (Wildman–Crippen MR) is 124 cm³/mol. The number of pyridine rings is 1. The molecule has 0 aliphatic carbocycles. The molecule has 6 heteroatoms. The number of benzene rings is 3. The number of carbonyl (C=O) groups is 2. The van der Waals surface area contributed by atoms with Gasteiger partial charge in [0.2, 0.25) is 0 Å². The van der Waals surface area contributed by atoms with Crippen LogP contribution in [0.3, 0.4) is 0 Å². The van der Waals surface area contributed by atoms with E-state index in [1.54, 1.807) is 60.9 Å². The van der Waals surface area contributed by atoms with Gasteiger partial charge in [-0.2, -0.15) is 0 Å². The van der Waals surface area contributed by atoms with Crippen LogP contribution >= 0.6 is 0 Å². The monoisotopic (exact) mass is 423 g/mol. The van der Waals surface area contributed by atoms with Crippen molar-refractivity contribution >= 4 is 23.2 Å². The number of rotatable bonds is 7. The second-order valence-electron chi connectivity index (χ2n) is 7.02. The molecule has 158 valence electrons. The van der Waals surface area contributed by atoms with Crippen LogP contribution in [0, 0.1) is 0 Å². The number of anilines is 2. The van der Waals surface area contributed by atoms with Crippen LogP contribution in [0.1, 0.15) is 26.3 Å². The lowest BCUT2D eigenvalue weighted by atomic mass is 10.1. The van der Waals surface area contributed by atoms with Crippen LogP contribution in [0.5, 0.6) is 5.75 Å². The van der Waals surface area contributed by atoms with Crippen molar-refractivity contribution in [3.05, 3.63) is 120 Å². The van der Waals surface area contributed by atoms with E-state index in [9.17, 15) is 9.59 Å². The Morgan fingerprint density at radius 3 is 2.12 bits per heavy atom. The van der Waals surface area contributed by atoms with E-state index in [2.05, 4.69) is 15.6 Å². The zero-order valence-corrected chi connectivity index (χ0v) is 17.2. The van der Waals surface area contributed by atoms with E-state index in [1.165, 1.54) is 0 Å². The number of aromatic nitrogens is 1. The summed E-state index contributed by atoms with van der Waals surface area (Å²) < 4.78 is 5.77. The van der Waals surface area contributed by atoms with Crippen molar-refractivity contribution in [2.75, 3.05) is 10.6 Å². The first-order valence-corrected chi connectivity index (χ1v) is 10.1. The molecule has 2 amide bonds. The molecule has 0 atom stereocenters. The van der Waals surface area contributed by atoms with E-state index in [4.69, 9.17) is 4.74 Å². The highest BCUT2D eigenvalue weighted by atomic mass is 16.5. The van der Waals surface area contributed by atoms with E-state index >= 15 is 0 Å². The van der Waals surface area contributed by atoms with Crippen molar-refractivity contribution in [1.82, 2.24) is 4.98 Å². The van der Waals surface area contributed by atoms with Crippen molar-refractivity contribution in [3.63, 3.8) is 0 Å². The van der Waals surface area contributed by atoms with Crippen LogP contribution in [0.2, 0.25) is 0 Å². The molecule has 0 unspecified atom stereocenters. The Morgan fingerprint density at radius 2 is 1.38 bits per heavy atom. The minimum Gasteiger partial charge on any atom is -0.489 e. The molecule has 0 spiro atoms. The molecule has 32 heavy (non-hydrogen) atoms. The summed E-state index contributed by atoms with van der Waals surface area (Å²) in [5.41, 5.74) is 3.18. The molecule has 0 bridgehead atoms. The molecule has 0 radical (unpaired) electrons. The molecule has 3 aromatic carbocycles. The molecule has 6 nitrogen and oxygen atoms in total. The number of ether oxygens (including phenoxy) is 1. The van der Waals surface area contributed by atoms with Gasteiger partial charge in [-0.1, -0.05) is 36.4 Å². The first-order valence-electron chi connectivity index (χ1n) is 10.1. The SMILES string of the molecule is O=C(Nc1cccc(C(=O)Nc2ccc(OCc3ccccc3)cc2)c1)c1ccncc1. The van der Waals surface area contributed by atoms with Crippen molar-refractivity contribution < 1.29 is 14.3 Å². The van der Waals surface area contributed by atoms with Crippen molar-refractivity contribution in [3.8, 4) is 5.75 Å². The van der Waals surface area contributed by atoms with E-state index in [0.717, 1.165) is 5.56 Å². The number of hydrogen-bond acceptors (Lipinski definition) is 4. The molecule has 2 N–H and O–H groups in total. The van der Waals surface area contributed by atoms with Gasteiger partial charge in [-0.25, -0.2) is 0 Å². The minimum absolute atomic E-state index is 0.268. The topological polar surface area (TPSA) is 80.3 Å². The van der Waals surface area contributed by atoms with Gasteiger partial charge < -0.3 is 15.4 Å². The normalized spacial score (nSPS) is 10.2. The Balaban J connectivity index is 1.35. The van der Waals surface area contributed by atoms with Gasteiger partial charge in [-0.05, 0) is 60.2 Å². The maximum atomic E-state index is 12.7. The fourth-order valence-corrected chi connectivity index (χ4v) is 3.02. The molecule has 4 aromatic rings. The lowest BCUT2D eigenvalue weighted by molar-refractivity contribution is 0.101. The third kappa shape index (κ3) is 5.58. The summed E-state index contributed by atoms with van der Waals surface area (Å²) >= 11 is 0. The molecule has 0 saturated heterocycles. The van der Waals surface area contributed by atoms with E-state index in [0.29, 0.717) is 34.9 Å². The van der Waals surface area contributed by atoms with E-state index in [1.807, 2.05) is 42.5 Å². The molecule has 0 aliphatic rings. The van der Waals surface area contributed by atoms with Crippen LogP contribution in [-0.2, 0) is 6.61 Å². The van der Waals surface area contributed by atoms with Crippen molar-refractivity contribution in [2.45, 2.75) is 6.61 Å². The fourth-order valence-electron chi connectivity index (χ4n) is 3.02. The summed E-state index contributed by atoms with van der Waals surface area (Å²) in [5.74, 6) is 0.173. The quantitative estimate of drug-likeness (QED) is 0.430. The molecular weight excluding hydrogens is 402 g/mol. The maximum absolute atomic E-state index is 12.7. The first kappa shape index (κ1) is 20.8. The minimum atomic E-state index is -0.275. The zero-order chi connectivity index (χ0) is 22.2. The second kappa shape index (κ2) is 10.0. The lowest BCUT2D eigenvalue weighted by Gasteiger charge is -2.10. The highest BCUT2D eigenvalue weighted by Crippen LogP contribution is 2.19. The first-order chi connectivity index (χ1) is 15.7. The Hall–Kier alpha value is -4.45. The smallest absolute Gasteiger partial charge is 0.255 e. The van der Waals surface area contributed by atoms with Gasteiger partial charge in [-0.15, -0.1) is 0 Å². The van der Waals surface area contributed by atoms with Crippen LogP contribution in [0.25, 0.3) is 0 Å². The Morgan fingerprint density at radius 1 is 0.688 bits per heavy atom. The molecular formula is C26H21N3O3. The average Bonchev–Trinajstić information content (AvgIpc) is 2.85. The predicted octanol–water partition coefficient (Wildman–Crippen LogP) is 5.17. The van der Waals surface area contributed by atoms with Crippen molar-refractivity contribution in [2.24, 2.45) is 0 Å². The number of amides is 2. The summed E-state index contributed by atoms with van der Waals surface area (Å²) in [5, 5.41) is 5.65. The van der Waals surface area contributed by atoms with Gasteiger partial charge in [0, 0.05) is 34.9 Å². The third-order valence-corrected chi connectivity index (χ3v) is 4.69. The molecule has 0 fully saturated rings. The standard InChI is InChI=1S/C26H21N3O3/c30-25(20-13-15-27-16-14-20)29-23-8-4-7-21(17-23)26(31)28-22-9-11-24(12-10-22)32-18-19-5-2-1-3-6-19/h1-17H,18H2,(H,28,31)(H,29,30). The zero-order valence-electron chi connectivity index (χ0n) is 17.2. The molecule has 0 aliphatic heterocycles. The Bertz CT molecular complexity index is 1190. The van der Waals surface area contributed by atoms with Crippen molar-refractivity contribution in [1.29, 1.82) is 0 Å². The fraction of sp³-hybridized carbons (Fsp3) is 0.0385. The molecule has 0 saturated carbocycles. The number of nitrogens with zero attached hydrogens (tertiary/aromatic N) is 1. The van der Waals surface area contributed by atoms with E-state index < -0.39 is 0 Å². The number of carbonyl (C=O) groups excluding carboxylic acids is 2. The van der Waals surface area contributed by atoms with Crippen LogP contribution in [-0.4, -0.2) is 16.8 Å². The highest BCUT2D eigenvalue weighted by Gasteiger charge is 2.10. The number of hydrogen-bond donors (Lipinski definition) is 2. The summed E-state index contributed by atoms with van der Waals surface area (Å²) in [6, 6.07) is 27.1. The largest absolute Gasteiger partial charge is 0.489 e. The summed E-state index contributed by atoms with van der Waals surface area (Å²) in [6.45, 7) is 0.477. The van der Waals surface area contributed by atoms with Gasteiger partial charge in [0.15, 0.2) is 0 Å². The summed E-state index contributed by atoms with van der Waals surface area (Å²) in [7, 11) is 0. The molecule has 4 rings (SSSR count). The third-order valence-electron chi connectivity index (χ3n) is 4.69. The Kier molecular flexibility index (Phi) is 6.53. The average molecular weight is 423 g/mol. The maximum Gasteiger partial charge on any atom is 0.255 e. The van der Waals surface area contributed by atoms with Gasteiger partial charge in [0.05, 0.1) is 0 Å². The van der Waals surface area contributed by atoms with Gasteiger partial charge in [0.1, 0.15) is 12.4 Å². The van der Waals surface area contributed by atoms with Crippen LogP contribution < -0.4 is 15.4 Å². The second-order valence-corrected chi connectivity index (χ2v) is 7.02. The van der Waals surface area contributed by atoms with Gasteiger partial charge >= 0.3 is 0 Å². The molecule has 1 aromatic heterocycles. The summed E-state index contributed by atoms with van der Waals surface area (Å²) in [6.07, 6.45) is 3.10.